The fourth-order valence-corrected chi connectivity index (χ4v) is 5.99. The molecule has 0 aromatic heterocycles. The van der Waals surface area contributed by atoms with Gasteiger partial charge >= 0.3 is 0 Å². The molecule has 7 heteroatoms. The summed E-state index contributed by atoms with van der Waals surface area (Å²) in [5.41, 5.74) is -0.216. The summed E-state index contributed by atoms with van der Waals surface area (Å²) >= 11 is 6.13. The van der Waals surface area contributed by atoms with Crippen molar-refractivity contribution in [1.82, 2.24) is 4.90 Å². The zero-order valence-electron chi connectivity index (χ0n) is 14.3. The van der Waals surface area contributed by atoms with Crippen LogP contribution in [-0.2, 0) is 14.6 Å². The molecule has 0 saturated carbocycles. The predicted molar refractivity (Wildman–Crippen MR) is 98.0 cm³/mol. The number of carbonyl (C=O) groups is 1. The van der Waals surface area contributed by atoms with Crippen molar-refractivity contribution in [3.05, 3.63) is 59.1 Å². The highest BCUT2D eigenvalue weighted by atomic mass is 35.5. The Balaban J connectivity index is 1.92. The smallest absolute Gasteiger partial charge is 0.244 e. The Labute approximate surface area is 157 Å². The third-order valence-electron chi connectivity index (χ3n) is 5.35. The quantitative estimate of drug-likeness (QED) is 0.788. The number of halogens is 1. The summed E-state index contributed by atoms with van der Waals surface area (Å²) in [6, 6.07) is 13.2. The molecule has 1 saturated heterocycles. The number of hydrogen-bond donors (Lipinski definition) is 0. The van der Waals surface area contributed by atoms with Gasteiger partial charge in [0.25, 0.3) is 0 Å². The monoisotopic (exact) mass is 391 g/mol. The molecular weight excluding hydrogens is 374 g/mol. The Hall–Kier alpha value is -2.05. The van der Waals surface area contributed by atoms with Gasteiger partial charge in [0.05, 0.1) is 4.90 Å². The minimum absolute atomic E-state index is 0.144. The first kappa shape index (κ1) is 17.4. The van der Waals surface area contributed by atoms with E-state index in [9.17, 15) is 13.2 Å². The van der Waals surface area contributed by atoms with E-state index in [1.54, 1.807) is 50.4 Å². The number of fused-ring (bicyclic) bond motifs is 4. The number of hydrogen-bond acceptors (Lipinski definition) is 4. The molecule has 2 aromatic rings. The van der Waals surface area contributed by atoms with Gasteiger partial charge in [-0.3, -0.25) is 4.79 Å². The van der Waals surface area contributed by atoms with Crippen molar-refractivity contribution in [2.45, 2.75) is 35.1 Å². The molecule has 2 heterocycles. The Morgan fingerprint density at radius 2 is 1.88 bits per heavy atom. The van der Waals surface area contributed by atoms with Crippen LogP contribution in [0.4, 0.5) is 0 Å². The molecule has 3 unspecified atom stereocenters. The molecule has 1 amide bonds. The third-order valence-corrected chi connectivity index (χ3v) is 7.72. The van der Waals surface area contributed by atoms with Crippen LogP contribution < -0.4 is 4.74 Å². The molecular formula is C19H18ClNO4S. The summed E-state index contributed by atoms with van der Waals surface area (Å²) < 4.78 is 32.7. The largest absolute Gasteiger partial charge is 0.468 e. The number of sulfone groups is 1. The average molecular weight is 392 g/mol. The van der Waals surface area contributed by atoms with Crippen LogP contribution in [0, 0.1) is 0 Å². The number of benzene rings is 2. The lowest BCUT2D eigenvalue weighted by Crippen LogP contribution is -2.64. The Morgan fingerprint density at radius 3 is 2.58 bits per heavy atom. The fourth-order valence-electron chi connectivity index (χ4n) is 3.88. The first-order valence-corrected chi connectivity index (χ1v) is 10.2. The molecule has 1 fully saturated rings. The zero-order chi connectivity index (χ0) is 18.7. The van der Waals surface area contributed by atoms with Gasteiger partial charge in [-0.2, -0.15) is 0 Å². The maximum absolute atomic E-state index is 13.3. The lowest BCUT2D eigenvalue weighted by Gasteiger charge is -2.51. The second-order valence-electron chi connectivity index (χ2n) is 6.95. The zero-order valence-corrected chi connectivity index (χ0v) is 15.9. The number of likely N-dealkylation sites (tertiary alicyclic amines) is 1. The molecule has 2 bridgehead atoms. The molecule has 2 aliphatic heterocycles. The van der Waals surface area contributed by atoms with E-state index in [4.69, 9.17) is 16.3 Å². The minimum Gasteiger partial charge on any atom is -0.468 e. The molecule has 0 spiro atoms. The van der Waals surface area contributed by atoms with Crippen molar-refractivity contribution in [1.29, 1.82) is 0 Å². The molecule has 136 valence electrons. The van der Waals surface area contributed by atoms with E-state index in [0.717, 1.165) is 0 Å². The summed E-state index contributed by atoms with van der Waals surface area (Å²) in [6.45, 7) is 1.81. The maximum atomic E-state index is 13.3. The minimum atomic E-state index is -3.87. The molecule has 0 radical (unpaired) electrons. The lowest BCUT2D eigenvalue weighted by molar-refractivity contribution is -0.159. The van der Waals surface area contributed by atoms with Gasteiger partial charge in [-0.1, -0.05) is 29.8 Å². The van der Waals surface area contributed by atoms with Crippen molar-refractivity contribution in [3.8, 4) is 5.75 Å². The van der Waals surface area contributed by atoms with Gasteiger partial charge in [-0.15, -0.1) is 0 Å². The van der Waals surface area contributed by atoms with E-state index >= 15 is 0 Å². The van der Waals surface area contributed by atoms with Crippen LogP contribution in [0.25, 0.3) is 0 Å². The standard InChI is InChI=1S/C19H18ClNO4S/c1-19-11-15(14-10-12(20)8-9-16(14)25-19)17(18(22)21(19)2)26(23,24)13-6-4-3-5-7-13/h3-10,15,17H,11H2,1-2H3. The number of ether oxygens (including phenoxy) is 1. The predicted octanol–water partition coefficient (Wildman–Crippen LogP) is 3.24. The number of rotatable bonds is 2. The number of carbonyl (C=O) groups excluding carboxylic acids is 1. The van der Waals surface area contributed by atoms with Crippen LogP contribution >= 0.6 is 11.6 Å². The second-order valence-corrected chi connectivity index (χ2v) is 9.45. The number of piperidine rings is 1. The van der Waals surface area contributed by atoms with Crippen LogP contribution in [-0.4, -0.2) is 37.2 Å². The van der Waals surface area contributed by atoms with E-state index in [1.165, 1.54) is 17.0 Å². The molecule has 3 atom stereocenters. The van der Waals surface area contributed by atoms with Crippen LogP contribution in [0.15, 0.2) is 53.4 Å². The Morgan fingerprint density at radius 1 is 1.19 bits per heavy atom. The lowest BCUT2D eigenvalue weighted by atomic mass is 9.80. The highest BCUT2D eigenvalue weighted by molar-refractivity contribution is 7.92. The van der Waals surface area contributed by atoms with E-state index in [2.05, 4.69) is 0 Å². The first-order chi connectivity index (χ1) is 12.2. The van der Waals surface area contributed by atoms with Gasteiger partial charge in [0.2, 0.25) is 5.91 Å². The average Bonchev–Trinajstić information content (AvgIpc) is 2.61. The van der Waals surface area contributed by atoms with Gasteiger partial charge < -0.3 is 9.64 Å². The Bertz CT molecular complexity index is 992. The summed E-state index contributed by atoms with van der Waals surface area (Å²) in [5.74, 6) is -0.407. The maximum Gasteiger partial charge on any atom is 0.244 e. The van der Waals surface area contributed by atoms with Crippen molar-refractivity contribution in [2.75, 3.05) is 7.05 Å². The van der Waals surface area contributed by atoms with Crippen LogP contribution in [0.5, 0.6) is 5.75 Å². The third kappa shape index (κ3) is 2.43. The van der Waals surface area contributed by atoms with Crippen molar-refractivity contribution < 1.29 is 17.9 Å². The molecule has 5 nitrogen and oxygen atoms in total. The molecule has 2 aromatic carbocycles. The summed E-state index contributed by atoms with van der Waals surface area (Å²) in [5, 5.41) is -0.720. The van der Waals surface area contributed by atoms with Crippen LogP contribution in [0.3, 0.4) is 0 Å². The van der Waals surface area contributed by atoms with Crippen molar-refractivity contribution in [2.24, 2.45) is 0 Å². The van der Waals surface area contributed by atoms with E-state index in [1.807, 2.05) is 0 Å². The molecule has 0 N–H and O–H groups in total. The van der Waals surface area contributed by atoms with E-state index < -0.39 is 32.6 Å². The fraction of sp³-hybridized carbons (Fsp3) is 0.316. The molecule has 26 heavy (non-hydrogen) atoms. The first-order valence-electron chi connectivity index (χ1n) is 8.29. The highest BCUT2D eigenvalue weighted by Crippen LogP contribution is 2.50. The van der Waals surface area contributed by atoms with Crippen molar-refractivity contribution in [3.63, 3.8) is 0 Å². The van der Waals surface area contributed by atoms with Crippen molar-refractivity contribution >= 4 is 27.3 Å². The molecule has 0 aliphatic carbocycles. The number of amides is 1. The van der Waals surface area contributed by atoms with Gasteiger partial charge in [0, 0.05) is 30.0 Å². The number of nitrogens with zero attached hydrogens (tertiary/aromatic N) is 1. The van der Waals surface area contributed by atoms with Gasteiger partial charge in [0.15, 0.2) is 20.8 Å². The summed E-state index contributed by atoms with van der Waals surface area (Å²) in [6.07, 6.45) is 0.388. The second kappa shape index (κ2) is 5.72. The molecule has 4 rings (SSSR count). The van der Waals surface area contributed by atoms with Gasteiger partial charge in [-0.25, -0.2) is 8.42 Å². The van der Waals surface area contributed by atoms with Crippen LogP contribution in [0.1, 0.15) is 24.8 Å². The summed E-state index contributed by atoms with van der Waals surface area (Å²) in [4.78, 5) is 14.6. The topological polar surface area (TPSA) is 63.7 Å². The van der Waals surface area contributed by atoms with Gasteiger partial charge in [-0.05, 0) is 37.3 Å². The summed E-state index contributed by atoms with van der Waals surface area (Å²) in [7, 11) is -2.28. The van der Waals surface area contributed by atoms with Gasteiger partial charge in [0.1, 0.15) is 5.75 Å². The van der Waals surface area contributed by atoms with Crippen LogP contribution in [0.2, 0.25) is 5.02 Å². The normalized spacial score (nSPS) is 27.7. The highest BCUT2D eigenvalue weighted by Gasteiger charge is 2.57. The van der Waals surface area contributed by atoms with E-state index in [-0.39, 0.29) is 4.90 Å². The Kier molecular flexibility index (Phi) is 3.82. The SMILES string of the molecule is CN1C(=O)C(S(=O)(=O)c2ccccc2)C2CC1(C)Oc1ccc(Cl)cc12. The molecule has 2 aliphatic rings. The van der Waals surface area contributed by atoms with E-state index in [0.29, 0.717) is 22.8 Å².